The molecule has 0 saturated carbocycles. The summed E-state index contributed by atoms with van der Waals surface area (Å²) in [5, 5.41) is 10.7. The van der Waals surface area contributed by atoms with Gasteiger partial charge < -0.3 is 4.42 Å². The molecule has 1 amide bonds. The molecule has 3 aromatic rings. The summed E-state index contributed by atoms with van der Waals surface area (Å²) in [6.07, 6.45) is 2.00. The number of thioether (sulfide) groups is 1. The second kappa shape index (κ2) is 6.85. The molecular formula is C16H12ClN3O2S. The Morgan fingerprint density at radius 3 is 2.57 bits per heavy atom. The van der Waals surface area contributed by atoms with Crippen LogP contribution >= 0.6 is 23.4 Å². The van der Waals surface area contributed by atoms with Crippen molar-refractivity contribution in [3.8, 4) is 11.5 Å². The van der Waals surface area contributed by atoms with E-state index < -0.39 is 5.91 Å². The first-order valence-electron chi connectivity index (χ1n) is 6.71. The lowest BCUT2D eigenvalue weighted by atomic mass is 10.2. The number of hydrogen-bond donors (Lipinski definition) is 1. The van der Waals surface area contributed by atoms with E-state index in [-0.39, 0.29) is 6.01 Å². The number of amides is 1. The zero-order valence-corrected chi connectivity index (χ0v) is 13.7. The van der Waals surface area contributed by atoms with Crippen molar-refractivity contribution in [3.63, 3.8) is 0 Å². The van der Waals surface area contributed by atoms with Crippen molar-refractivity contribution in [3.05, 3.63) is 59.1 Å². The molecule has 0 aliphatic rings. The summed E-state index contributed by atoms with van der Waals surface area (Å²) < 4.78 is 5.47. The molecule has 0 saturated heterocycles. The highest BCUT2D eigenvalue weighted by molar-refractivity contribution is 7.98. The lowest BCUT2D eigenvalue weighted by Gasteiger charge is -2.02. The fourth-order valence-electron chi connectivity index (χ4n) is 1.93. The Morgan fingerprint density at radius 1 is 1.13 bits per heavy atom. The number of carbonyl (C=O) groups is 1. The van der Waals surface area contributed by atoms with Crippen LogP contribution in [0.1, 0.15) is 10.4 Å². The maximum atomic E-state index is 12.1. The van der Waals surface area contributed by atoms with Crippen molar-refractivity contribution in [1.82, 2.24) is 10.2 Å². The molecule has 0 aliphatic carbocycles. The highest BCUT2D eigenvalue weighted by Crippen LogP contribution is 2.24. The van der Waals surface area contributed by atoms with Crippen LogP contribution in [-0.2, 0) is 0 Å². The van der Waals surface area contributed by atoms with Gasteiger partial charge in [-0.3, -0.25) is 10.1 Å². The molecule has 7 heteroatoms. The van der Waals surface area contributed by atoms with Crippen molar-refractivity contribution >= 4 is 35.3 Å². The first-order valence-corrected chi connectivity index (χ1v) is 8.31. The minimum Gasteiger partial charge on any atom is -0.403 e. The van der Waals surface area contributed by atoms with E-state index >= 15 is 0 Å². The first-order chi connectivity index (χ1) is 11.2. The van der Waals surface area contributed by atoms with Crippen LogP contribution in [0.25, 0.3) is 11.5 Å². The van der Waals surface area contributed by atoms with Crippen LogP contribution in [0.2, 0.25) is 5.02 Å². The Morgan fingerprint density at radius 2 is 1.87 bits per heavy atom. The maximum Gasteiger partial charge on any atom is 0.322 e. The van der Waals surface area contributed by atoms with Gasteiger partial charge >= 0.3 is 6.01 Å². The average molecular weight is 346 g/mol. The number of hydrogen-bond acceptors (Lipinski definition) is 5. The number of benzene rings is 2. The van der Waals surface area contributed by atoms with Crippen LogP contribution in [0.4, 0.5) is 6.01 Å². The van der Waals surface area contributed by atoms with Crippen LogP contribution in [0.3, 0.4) is 0 Å². The number of aromatic nitrogens is 2. The smallest absolute Gasteiger partial charge is 0.322 e. The quantitative estimate of drug-likeness (QED) is 0.711. The second-order valence-electron chi connectivity index (χ2n) is 4.57. The van der Waals surface area contributed by atoms with E-state index in [2.05, 4.69) is 15.5 Å². The number of halogens is 1. The Hall–Kier alpha value is -2.31. The average Bonchev–Trinajstić information content (AvgIpc) is 3.03. The molecule has 0 radical (unpaired) electrons. The number of rotatable bonds is 4. The number of nitrogens with zero attached hydrogens (tertiary/aromatic N) is 2. The van der Waals surface area contributed by atoms with Gasteiger partial charge in [0.15, 0.2) is 0 Å². The highest BCUT2D eigenvalue weighted by Gasteiger charge is 2.14. The fourth-order valence-corrected chi connectivity index (χ4v) is 2.56. The molecule has 5 nitrogen and oxygen atoms in total. The van der Waals surface area contributed by atoms with Crippen molar-refractivity contribution in [2.45, 2.75) is 4.90 Å². The van der Waals surface area contributed by atoms with Crippen molar-refractivity contribution in [2.75, 3.05) is 11.6 Å². The van der Waals surface area contributed by atoms with Gasteiger partial charge in [-0.2, -0.15) is 0 Å². The van der Waals surface area contributed by atoms with Gasteiger partial charge in [-0.25, -0.2) is 0 Å². The standard InChI is InChI=1S/C16H12ClN3O2S/c1-23-11-8-6-10(7-9-11)15-19-20-16(22-15)18-14(21)12-4-2-3-5-13(12)17/h2-9H,1H3,(H,18,20,21). The van der Waals surface area contributed by atoms with Gasteiger partial charge in [-0.1, -0.05) is 28.8 Å². The van der Waals surface area contributed by atoms with Gasteiger partial charge in [0.25, 0.3) is 5.91 Å². The molecule has 23 heavy (non-hydrogen) atoms. The normalized spacial score (nSPS) is 10.5. The number of carbonyl (C=O) groups excluding carboxylic acids is 1. The summed E-state index contributed by atoms with van der Waals surface area (Å²) in [4.78, 5) is 13.3. The SMILES string of the molecule is CSc1ccc(-c2nnc(NC(=O)c3ccccc3Cl)o2)cc1. The predicted octanol–water partition coefficient (Wildman–Crippen LogP) is 4.36. The van der Waals surface area contributed by atoms with Gasteiger partial charge in [-0.15, -0.1) is 16.9 Å². The second-order valence-corrected chi connectivity index (χ2v) is 5.86. The van der Waals surface area contributed by atoms with Crippen LogP contribution in [-0.4, -0.2) is 22.4 Å². The molecule has 1 aromatic heterocycles. The van der Waals surface area contributed by atoms with E-state index in [4.69, 9.17) is 16.0 Å². The third-order valence-corrected chi connectivity index (χ3v) is 4.17. The van der Waals surface area contributed by atoms with Crippen molar-refractivity contribution in [2.24, 2.45) is 0 Å². The third kappa shape index (κ3) is 3.55. The summed E-state index contributed by atoms with van der Waals surface area (Å²) >= 11 is 7.63. The first kappa shape index (κ1) is 15.6. The minimum absolute atomic E-state index is 0.0267. The van der Waals surface area contributed by atoms with E-state index in [1.54, 1.807) is 36.0 Å². The van der Waals surface area contributed by atoms with Crippen LogP contribution in [0, 0.1) is 0 Å². The molecule has 0 atom stereocenters. The Labute approximate surface area is 142 Å². The van der Waals surface area contributed by atoms with Crippen LogP contribution in [0.15, 0.2) is 57.8 Å². The number of anilines is 1. The van der Waals surface area contributed by atoms with Gasteiger partial charge in [-0.05, 0) is 42.7 Å². The molecule has 3 rings (SSSR count). The Kier molecular flexibility index (Phi) is 4.64. The summed E-state index contributed by atoms with van der Waals surface area (Å²) in [5.74, 6) is -0.0596. The number of nitrogens with one attached hydrogen (secondary N) is 1. The maximum absolute atomic E-state index is 12.1. The van der Waals surface area contributed by atoms with Gasteiger partial charge in [0.1, 0.15) is 0 Å². The molecule has 0 spiro atoms. The van der Waals surface area contributed by atoms with Crippen LogP contribution < -0.4 is 5.32 Å². The molecule has 116 valence electrons. The van der Waals surface area contributed by atoms with Crippen molar-refractivity contribution < 1.29 is 9.21 Å². The van der Waals surface area contributed by atoms with E-state index in [0.717, 1.165) is 10.5 Å². The summed E-state index contributed by atoms with van der Waals surface area (Å²) in [6, 6.07) is 14.5. The zero-order chi connectivity index (χ0) is 16.2. The highest BCUT2D eigenvalue weighted by atomic mass is 35.5. The predicted molar refractivity (Wildman–Crippen MR) is 90.9 cm³/mol. The van der Waals surface area contributed by atoms with Gasteiger partial charge in [0, 0.05) is 10.5 Å². The topological polar surface area (TPSA) is 68.0 Å². The molecule has 0 unspecified atom stereocenters. The fraction of sp³-hybridized carbons (Fsp3) is 0.0625. The van der Waals surface area contributed by atoms with E-state index in [1.165, 1.54) is 0 Å². The molecule has 0 fully saturated rings. The summed E-state index contributed by atoms with van der Waals surface area (Å²) in [7, 11) is 0. The minimum atomic E-state index is -0.400. The van der Waals surface area contributed by atoms with E-state index in [1.807, 2.05) is 30.5 Å². The van der Waals surface area contributed by atoms with Gasteiger partial charge in [0.2, 0.25) is 5.89 Å². The van der Waals surface area contributed by atoms with Crippen molar-refractivity contribution in [1.29, 1.82) is 0 Å². The monoisotopic (exact) mass is 345 g/mol. The Bertz CT molecular complexity index is 833. The molecule has 2 aromatic carbocycles. The van der Waals surface area contributed by atoms with Crippen LogP contribution in [0.5, 0.6) is 0 Å². The zero-order valence-electron chi connectivity index (χ0n) is 12.1. The van der Waals surface area contributed by atoms with E-state index in [9.17, 15) is 4.79 Å². The molecule has 0 bridgehead atoms. The van der Waals surface area contributed by atoms with Gasteiger partial charge in [0.05, 0.1) is 10.6 Å². The summed E-state index contributed by atoms with van der Waals surface area (Å²) in [5.41, 5.74) is 1.13. The summed E-state index contributed by atoms with van der Waals surface area (Å²) in [6.45, 7) is 0. The largest absolute Gasteiger partial charge is 0.403 e. The molecule has 1 heterocycles. The molecule has 0 aliphatic heterocycles. The Balaban J connectivity index is 1.76. The molecule has 1 N–H and O–H groups in total. The molecular weight excluding hydrogens is 334 g/mol. The lowest BCUT2D eigenvalue weighted by Crippen LogP contribution is -2.12. The lowest BCUT2D eigenvalue weighted by molar-refractivity contribution is 0.102. The van der Waals surface area contributed by atoms with E-state index in [0.29, 0.717) is 16.5 Å². The third-order valence-electron chi connectivity index (χ3n) is 3.10.